The minimum atomic E-state index is -0.171. The predicted molar refractivity (Wildman–Crippen MR) is 67.9 cm³/mol. The lowest BCUT2D eigenvalue weighted by Gasteiger charge is -2.40. The summed E-state index contributed by atoms with van der Waals surface area (Å²) in [7, 11) is 0. The van der Waals surface area contributed by atoms with Crippen molar-refractivity contribution in [1.29, 1.82) is 0 Å². The van der Waals surface area contributed by atoms with Crippen LogP contribution >= 0.6 is 0 Å². The Kier molecular flexibility index (Phi) is 4.79. The first kappa shape index (κ1) is 13.3. The Hall–Kier alpha value is -0.160. The molecular weight excluding hydrogens is 216 g/mol. The second-order valence-electron chi connectivity index (χ2n) is 5.53. The van der Waals surface area contributed by atoms with Gasteiger partial charge in [0.2, 0.25) is 0 Å². The number of nitrogens with zero attached hydrogens (tertiary/aromatic N) is 1. The maximum atomic E-state index is 10.0. The average Bonchev–Trinajstić information content (AvgIpc) is 3.19. The van der Waals surface area contributed by atoms with E-state index in [0.29, 0.717) is 18.5 Å². The molecule has 1 aliphatic heterocycles. The van der Waals surface area contributed by atoms with Crippen LogP contribution in [0.4, 0.5) is 0 Å². The van der Waals surface area contributed by atoms with Gasteiger partial charge in [0.15, 0.2) is 0 Å². The van der Waals surface area contributed by atoms with Crippen molar-refractivity contribution in [1.82, 2.24) is 10.2 Å². The highest BCUT2D eigenvalue weighted by Gasteiger charge is 2.37. The van der Waals surface area contributed by atoms with Gasteiger partial charge in [0.1, 0.15) is 0 Å². The van der Waals surface area contributed by atoms with Crippen molar-refractivity contribution in [3.8, 4) is 0 Å². The van der Waals surface area contributed by atoms with Crippen molar-refractivity contribution < 1.29 is 10.2 Å². The smallest absolute Gasteiger partial charge is 0.0578 e. The van der Waals surface area contributed by atoms with Gasteiger partial charge in [0.05, 0.1) is 12.7 Å². The topological polar surface area (TPSA) is 55.7 Å². The van der Waals surface area contributed by atoms with Gasteiger partial charge in [-0.1, -0.05) is 6.92 Å². The zero-order chi connectivity index (χ0) is 12.3. The van der Waals surface area contributed by atoms with Crippen LogP contribution in [0, 0.1) is 5.92 Å². The van der Waals surface area contributed by atoms with Crippen molar-refractivity contribution in [3.63, 3.8) is 0 Å². The van der Waals surface area contributed by atoms with Gasteiger partial charge >= 0.3 is 0 Å². The van der Waals surface area contributed by atoms with Crippen molar-refractivity contribution in [3.05, 3.63) is 0 Å². The standard InChI is InChI=1S/C13H26N2O2/c1-2-13(17)10-7-11(14-5-6-16)9-15(8-10)12-3-4-12/h10-14,16-17H,2-9H2,1H3. The number of hydrogen-bond donors (Lipinski definition) is 3. The molecule has 2 rings (SSSR count). The van der Waals surface area contributed by atoms with Gasteiger partial charge in [-0.3, -0.25) is 4.90 Å². The minimum Gasteiger partial charge on any atom is -0.395 e. The Morgan fingerprint density at radius 1 is 1.35 bits per heavy atom. The fourth-order valence-corrected chi connectivity index (χ4v) is 2.94. The summed E-state index contributed by atoms with van der Waals surface area (Å²) in [5.74, 6) is 0.394. The molecule has 0 aromatic carbocycles. The first-order valence-corrected chi connectivity index (χ1v) is 7.01. The Balaban J connectivity index is 1.89. The monoisotopic (exact) mass is 242 g/mol. The highest BCUT2D eigenvalue weighted by Crippen LogP contribution is 2.32. The molecule has 2 fully saturated rings. The van der Waals surface area contributed by atoms with E-state index in [9.17, 15) is 5.11 Å². The van der Waals surface area contributed by atoms with E-state index in [1.54, 1.807) is 0 Å². The summed E-state index contributed by atoms with van der Waals surface area (Å²) in [6.45, 7) is 5.05. The third kappa shape index (κ3) is 3.65. The molecule has 3 atom stereocenters. The first-order chi connectivity index (χ1) is 8.24. The quantitative estimate of drug-likeness (QED) is 0.622. The van der Waals surface area contributed by atoms with Crippen LogP contribution in [0.5, 0.6) is 0 Å². The van der Waals surface area contributed by atoms with Gasteiger partial charge in [-0.05, 0) is 31.6 Å². The zero-order valence-corrected chi connectivity index (χ0v) is 10.8. The van der Waals surface area contributed by atoms with Crippen LogP contribution in [0.3, 0.4) is 0 Å². The summed E-state index contributed by atoms with van der Waals surface area (Å²) in [6, 6.07) is 1.20. The number of aliphatic hydroxyl groups excluding tert-OH is 2. The third-order valence-electron chi connectivity index (χ3n) is 4.08. The molecule has 0 aromatic rings. The molecule has 2 aliphatic rings. The lowest BCUT2D eigenvalue weighted by molar-refractivity contribution is 0.0320. The summed E-state index contributed by atoms with van der Waals surface area (Å²) in [5, 5.41) is 22.3. The van der Waals surface area contributed by atoms with E-state index in [4.69, 9.17) is 5.11 Å². The largest absolute Gasteiger partial charge is 0.395 e. The van der Waals surface area contributed by atoms with Crippen LogP contribution in [-0.4, -0.2) is 59.5 Å². The van der Waals surface area contributed by atoms with Crippen LogP contribution in [0.2, 0.25) is 0 Å². The third-order valence-corrected chi connectivity index (χ3v) is 4.08. The molecule has 0 spiro atoms. The molecule has 100 valence electrons. The van der Waals surface area contributed by atoms with Gasteiger partial charge in [0, 0.05) is 31.7 Å². The normalized spacial score (nSPS) is 32.6. The Labute approximate surface area is 104 Å². The number of nitrogens with one attached hydrogen (secondary N) is 1. The molecule has 0 amide bonds. The number of hydrogen-bond acceptors (Lipinski definition) is 4. The van der Waals surface area contributed by atoms with E-state index in [-0.39, 0.29) is 12.7 Å². The van der Waals surface area contributed by atoms with Crippen molar-refractivity contribution in [2.24, 2.45) is 5.92 Å². The van der Waals surface area contributed by atoms with Crippen molar-refractivity contribution >= 4 is 0 Å². The fraction of sp³-hybridized carbons (Fsp3) is 1.00. The van der Waals surface area contributed by atoms with Gasteiger partial charge in [0.25, 0.3) is 0 Å². The summed E-state index contributed by atoms with van der Waals surface area (Å²) in [6.07, 6.45) is 4.35. The molecule has 1 aliphatic carbocycles. The molecule has 0 radical (unpaired) electrons. The lowest BCUT2D eigenvalue weighted by Crippen LogP contribution is -2.52. The van der Waals surface area contributed by atoms with Crippen molar-refractivity contribution in [2.75, 3.05) is 26.2 Å². The van der Waals surface area contributed by atoms with Gasteiger partial charge in [-0.2, -0.15) is 0 Å². The summed E-state index contributed by atoms with van der Waals surface area (Å²) in [5.41, 5.74) is 0. The van der Waals surface area contributed by atoms with Crippen molar-refractivity contribution in [2.45, 2.75) is 50.8 Å². The molecule has 1 saturated carbocycles. The molecule has 0 aromatic heterocycles. The maximum absolute atomic E-state index is 10.0. The van der Waals surface area contributed by atoms with Crippen LogP contribution in [0.25, 0.3) is 0 Å². The maximum Gasteiger partial charge on any atom is 0.0578 e. The second-order valence-corrected chi connectivity index (χ2v) is 5.53. The zero-order valence-electron chi connectivity index (χ0n) is 10.8. The number of likely N-dealkylation sites (tertiary alicyclic amines) is 1. The highest BCUT2D eigenvalue weighted by molar-refractivity contribution is 4.93. The van der Waals surface area contributed by atoms with E-state index in [1.807, 2.05) is 0 Å². The van der Waals surface area contributed by atoms with Gasteiger partial charge < -0.3 is 15.5 Å². The molecule has 1 saturated heterocycles. The van der Waals surface area contributed by atoms with E-state index in [2.05, 4.69) is 17.1 Å². The molecule has 4 heteroatoms. The molecule has 4 nitrogen and oxygen atoms in total. The molecular formula is C13H26N2O2. The molecule has 17 heavy (non-hydrogen) atoms. The number of rotatable bonds is 6. The SMILES string of the molecule is CCC(O)C1CC(NCCO)CN(C2CC2)C1. The summed E-state index contributed by atoms with van der Waals surface area (Å²) < 4.78 is 0. The fourth-order valence-electron chi connectivity index (χ4n) is 2.94. The Bertz CT molecular complexity index is 233. The molecule has 1 heterocycles. The summed E-state index contributed by atoms with van der Waals surface area (Å²) in [4.78, 5) is 2.53. The average molecular weight is 242 g/mol. The van der Waals surface area contributed by atoms with Crippen LogP contribution in [0.1, 0.15) is 32.6 Å². The first-order valence-electron chi connectivity index (χ1n) is 7.01. The van der Waals surface area contributed by atoms with E-state index >= 15 is 0 Å². The minimum absolute atomic E-state index is 0.171. The van der Waals surface area contributed by atoms with Gasteiger partial charge in [-0.15, -0.1) is 0 Å². The molecule has 3 unspecified atom stereocenters. The van der Waals surface area contributed by atoms with E-state index in [0.717, 1.165) is 32.0 Å². The van der Waals surface area contributed by atoms with Crippen LogP contribution in [-0.2, 0) is 0 Å². The number of aliphatic hydroxyl groups is 2. The predicted octanol–water partition coefficient (Wildman–Crippen LogP) is 0.192. The van der Waals surface area contributed by atoms with E-state index in [1.165, 1.54) is 12.8 Å². The second kappa shape index (κ2) is 6.14. The Morgan fingerprint density at radius 3 is 2.71 bits per heavy atom. The number of piperidine rings is 1. The van der Waals surface area contributed by atoms with Crippen LogP contribution in [0.15, 0.2) is 0 Å². The lowest BCUT2D eigenvalue weighted by atomic mass is 9.88. The van der Waals surface area contributed by atoms with Crippen LogP contribution < -0.4 is 5.32 Å². The molecule has 0 bridgehead atoms. The summed E-state index contributed by atoms with van der Waals surface area (Å²) >= 11 is 0. The molecule has 3 N–H and O–H groups in total. The highest BCUT2D eigenvalue weighted by atomic mass is 16.3. The van der Waals surface area contributed by atoms with E-state index < -0.39 is 0 Å². The van der Waals surface area contributed by atoms with Gasteiger partial charge in [-0.25, -0.2) is 0 Å². The Morgan fingerprint density at radius 2 is 2.12 bits per heavy atom.